The molecule has 0 aliphatic heterocycles. The summed E-state index contributed by atoms with van der Waals surface area (Å²) >= 11 is 5.92. The van der Waals surface area contributed by atoms with Crippen LogP contribution in [0, 0.1) is 0 Å². The van der Waals surface area contributed by atoms with Crippen molar-refractivity contribution in [3.05, 3.63) is 47.0 Å². The average molecular weight is 211 g/mol. The molecule has 0 atom stereocenters. The number of allylic oxidation sites excluding steroid dienone is 1. The smallest absolute Gasteiger partial charge is 0.330 e. The molecule has 0 N–H and O–H groups in total. The number of hydrogen-bond acceptors (Lipinski definition) is 2. The highest BCUT2D eigenvalue weighted by Gasteiger charge is 1.96. The molecule has 0 aromatic heterocycles. The van der Waals surface area contributed by atoms with E-state index < -0.39 is 0 Å². The molecule has 0 unspecified atom stereocenters. The summed E-state index contributed by atoms with van der Waals surface area (Å²) < 4.78 is 4.46. The fourth-order valence-electron chi connectivity index (χ4n) is 1.01. The van der Waals surface area contributed by atoms with E-state index in [0.29, 0.717) is 11.4 Å². The largest absolute Gasteiger partial charge is 0.466 e. The van der Waals surface area contributed by atoms with Crippen LogP contribution in [0.1, 0.15) is 5.56 Å². The first kappa shape index (κ1) is 10.8. The van der Waals surface area contributed by atoms with E-state index >= 15 is 0 Å². The lowest BCUT2D eigenvalue weighted by Crippen LogP contribution is -1.94. The Balaban J connectivity index is 2.58. The van der Waals surface area contributed by atoms with E-state index in [2.05, 4.69) is 4.74 Å². The summed E-state index contributed by atoms with van der Waals surface area (Å²) in [7, 11) is 1.35. The Bertz CT molecular complexity index is 345. The fraction of sp³-hybridized carbons (Fsp3) is 0.182. The second-order valence-electron chi connectivity index (χ2n) is 2.72. The molecule has 0 aliphatic rings. The zero-order chi connectivity index (χ0) is 10.4. The van der Waals surface area contributed by atoms with Gasteiger partial charge >= 0.3 is 5.97 Å². The fourth-order valence-corrected chi connectivity index (χ4v) is 1.23. The Hall–Kier alpha value is -1.28. The van der Waals surface area contributed by atoms with Gasteiger partial charge in [-0.25, -0.2) is 4.79 Å². The van der Waals surface area contributed by atoms with Gasteiger partial charge in [0.2, 0.25) is 0 Å². The zero-order valence-corrected chi connectivity index (χ0v) is 8.62. The average Bonchev–Trinajstić information content (AvgIpc) is 2.20. The van der Waals surface area contributed by atoms with E-state index in [-0.39, 0.29) is 5.97 Å². The van der Waals surface area contributed by atoms with Gasteiger partial charge in [0.1, 0.15) is 0 Å². The zero-order valence-electron chi connectivity index (χ0n) is 7.87. The van der Waals surface area contributed by atoms with Crippen molar-refractivity contribution in [2.45, 2.75) is 6.42 Å². The summed E-state index contributed by atoms with van der Waals surface area (Å²) in [5.41, 5.74) is 0.995. The standard InChI is InChI=1S/C11H11ClO2/c1-14-11(13)8-4-6-9-5-2-3-7-10(9)12/h2-5,7-8H,6H2,1H3/b8-4+. The summed E-state index contributed by atoms with van der Waals surface area (Å²) in [5.74, 6) is -0.350. The highest BCUT2D eigenvalue weighted by atomic mass is 35.5. The molecule has 0 amide bonds. The third kappa shape index (κ3) is 3.23. The summed E-state index contributed by atoms with van der Waals surface area (Å²) in [6, 6.07) is 7.52. The molecule has 0 saturated carbocycles. The van der Waals surface area contributed by atoms with Gasteiger partial charge in [0, 0.05) is 11.1 Å². The van der Waals surface area contributed by atoms with Crippen LogP contribution in [0.25, 0.3) is 0 Å². The van der Waals surface area contributed by atoms with Crippen LogP contribution in [0.15, 0.2) is 36.4 Å². The lowest BCUT2D eigenvalue weighted by molar-refractivity contribution is -0.134. The number of esters is 1. The molecule has 0 spiro atoms. The van der Waals surface area contributed by atoms with Crippen molar-refractivity contribution in [1.29, 1.82) is 0 Å². The third-order valence-corrected chi connectivity index (χ3v) is 2.12. The van der Waals surface area contributed by atoms with E-state index in [1.807, 2.05) is 24.3 Å². The maximum atomic E-state index is 10.7. The van der Waals surface area contributed by atoms with Gasteiger partial charge in [-0.15, -0.1) is 0 Å². The van der Waals surface area contributed by atoms with Crippen LogP contribution in [0.2, 0.25) is 5.02 Å². The molecule has 74 valence electrons. The normalized spacial score (nSPS) is 10.4. The third-order valence-electron chi connectivity index (χ3n) is 1.75. The number of rotatable bonds is 3. The quantitative estimate of drug-likeness (QED) is 0.566. The number of benzene rings is 1. The Morgan fingerprint density at radius 3 is 2.86 bits per heavy atom. The maximum absolute atomic E-state index is 10.7. The van der Waals surface area contributed by atoms with Crippen LogP contribution in [0.4, 0.5) is 0 Å². The monoisotopic (exact) mass is 210 g/mol. The molecule has 0 fully saturated rings. The maximum Gasteiger partial charge on any atom is 0.330 e. The van der Waals surface area contributed by atoms with Gasteiger partial charge in [-0.3, -0.25) is 0 Å². The number of methoxy groups -OCH3 is 1. The molecule has 2 nitrogen and oxygen atoms in total. The lowest BCUT2D eigenvalue weighted by Gasteiger charge is -1.98. The van der Waals surface area contributed by atoms with E-state index in [0.717, 1.165) is 5.56 Å². The van der Waals surface area contributed by atoms with E-state index in [1.54, 1.807) is 6.08 Å². The summed E-state index contributed by atoms with van der Waals surface area (Å²) in [4.78, 5) is 10.7. The van der Waals surface area contributed by atoms with Crippen LogP contribution in [0.5, 0.6) is 0 Å². The van der Waals surface area contributed by atoms with Gasteiger partial charge in [-0.1, -0.05) is 35.9 Å². The second-order valence-corrected chi connectivity index (χ2v) is 3.13. The molecule has 0 bridgehead atoms. The van der Waals surface area contributed by atoms with Gasteiger partial charge in [0.05, 0.1) is 7.11 Å². The first-order valence-corrected chi connectivity index (χ1v) is 4.59. The number of carbonyl (C=O) groups is 1. The summed E-state index contributed by atoms with van der Waals surface area (Å²) in [6.07, 6.45) is 3.76. The summed E-state index contributed by atoms with van der Waals surface area (Å²) in [5, 5.41) is 0.710. The van der Waals surface area contributed by atoms with Crippen LogP contribution in [-0.2, 0) is 16.0 Å². The molecule has 1 aromatic rings. The number of halogens is 1. The van der Waals surface area contributed by atoms with Crippen molar-refractivity contribution in [3.8, 4) is 0 Å². The SMILES string of the molecule is COC(=O)/C=C/Cc1ccccc1Cl. The first-order valence-electron chi connectivity index (χ1n) is 4.22. The van der Waals surface area contributed by atoms with Gasteiger partial charge in [-0.2, -0.15) is 0 Å². The van der Waals surface area contributed by atoms with Gasteiger partial charge in [0.25, 0.3) is 0 Å². The van der Waals surface area contributed by atoms with Gasteiger partial charge < -0.3 is 4.74 Å². The molecule has 3 heteroatoms. The van der Waals surface area contributed by atoms with Crippen LogP contribution in [-0.4, -0.2) is 13.1 Å². The molecular weight excluding hydrogens is 200 g/mol. The Labute approximate surface area is 88.1 Å². The molecule has 0 heterocycles. The minimum atomic E-state index is -0.350. The lowest BCUT2D eigenvalue weighted by atomic mass is 10.1. The molecule has 1 aromatic carbocycles. The molecule has 14 heavy (non-hydrogen) atoms. The highest BCUT2D eigenvalue weighted by Crippen LogP contribution is 2.15. The van der Waals surface area contributed by atoms with Crippen molar-refractivity contribution in [2.75, 3.05) is 7.11 Å². The van der Waals surface area contributed by atoms with Crippen LogP contribution in [0.3, 0.4) is 0 Å². The second kappa shape index (κ2) is 5.45. The van der Waals surface area contributed by atoms with Crippen molar-refractivity contribution in [3.63, 3.8) is 0 Å². The first-order chi connectivity index (χ1) is 6.74. The minimum Gasteiger partial charge on any atom is -0.466 e. The van der Waals surface area contributed by atoms with E-state index in [1.165, 1.54) is 13.2 Å². The number of carbonyl (C=O) groups excluding carboxylic acids is 1. The predicted octanol–water partition coefficient (Wildman–Crippen LogP) is 2.61. The van der Waals surface area contributed by atoms with Crippen molar-refractivity contribution in [1.82, 2.24) is 0 Å². The Kier molecular flexibility index (Phi) is 4.20. The number of hydrogen-bond donors (Lipinski definition) is 0. The number of ether oxygens (including phenoxy) is 1. The summed E-state index contributed by atoms with van der Waals surface area (Å²) in [6.45, 7) is 0. The molecule has 0 saturated heterocycles. The molecular formula is C11H11ClO2. The minimum absolute atomic E-state index is 0.350. The van der Waals surface area contributed by atoms with Crippen molar-refractivity contribution in [2.24, 2.45) is 0 Å². The van der Waals surface area contributed by atoms with Gasteiger partial charge in [0.15, 0.2) is 0 Å². The molecule has 1 rings (SSSR count). The van der Waals surface area contributed by atoms with Gasteiger partial charge in [-0.05, 0) is 18.1 Å². The van der Waals surface area contributed by atoms with Crippen molar-refractivity contribution >= 4 is 17.6 Å². The Morgan fingerprint density at radius 1 is 1.50 bits per heavy atom. The van der Waals surface area contributed by atoms with Crippen molar-refractivity contribution < 1.29 is 9.53 Å². The highest BCUT2D eigenvalue weighted by molar-refractivity contribution is 6.31. The van der Waals surface area contributed by atoms with Crippen LogP contribution >= 0.6 is 11.6 Å². The Morgan fingerprint density at radius 2 is 2.21 bits per heavy atom. The molecule has 0 radical (unpaired) electrons. The topological polar surface area (TPSA) is 26.3 Å². The van der Waals surface area contributed by atoms with E-state index in [4.69, 9.17) is 11.6 Å². The predicted molar refractivity (Wildman–Crippen MR) is 56.3 cm³/mol. The van der Waals surface area contributed by atoms with E-state index in [9.17, 15) is 4.79 Å². The molecule has 0 aliphatic carbocycles. The van der Waals surface area contributed by atoms with Crippen LogP contribution < -0.4 is 0 Å².